The van der Waals surface area contributed by atoms with Crippen molar-refractivity contribution in [3.8, 4) is 5.75 Å². The zero-order valence-electron chi connectivity index (χ0n) is 8.77. The van der Waals surface area contributed by atoms with Crippen LogP contribution in [0.3, 0.4) is 0 Å². The standard InChI is InChI=1S/C11H10N2O4/c14-9-3-1-7(2-4-9)12-11(16)13-8-5-10(15)17-6-8/h1-5,14H,6H2,(H2,12,13,16). The SMILES string of the molecule is O=C(NC1=CC(=O)OC1)Nc1ccc(O)cc1. The number of carbonyl (C=O) groups is 2. The monoisotopic (exact) mass is 234 g/mol. The van der Waals surface area contributed by atoms with Crippen LogP contribution in [0.1, 0.15) is 0 Å². The number of urea groups is 1. The van der Waals surface area contributed by atoms with Crippen molar-refractivity contribution < 1.29 is 19.4 Å². The summed E-state index contributed by atoms with van der Waals surface area (Å²) in [5.41, 5.74) is 0.942. The van der Waals surface area contributed by atoms with Crippen LogP contribution < -0.4 is 10.6 Å². The molecule has 2 amide bonds. The van der Waals surface area contributed by atoms with Crippen LogP contribution in [0.4, 0.5) is 10.5 Å². The third kappa shape index (κ3) is 2.97. The van der Waals surface area contributed by atoms with Gasteiger partial charge < -0.3 is 20.5 Å². The maximum absolute atomic E-state index is 11.5. The van der Waals surface area contributed by atoms with E-state index >= 15 is 0 Å². The number of amides is 2. The Kier molecular flexibility index (Phi) is 2.95. The van der Waals surface area contributed by atoms with Crippen LogP contribution in [0.5, 0.6) is 5.75 Å². The van der Waals surface area contributed by atoms with Gasteiger partial charge in [0.05, 0.1) is 5.70 Å². The van der Waals surface area contributed by atoms with E-state index in [1.807, 2.05) is 0 Å². The smallest absolute Gasteiger partial charge is 0.333 e. The first-order valence-corrected chi connectivity index (χ1v) is 4.88. The van der Waals surface area contributed by atoms with Crippen molar-refractivity contribution in [2.75, 3.05) is 11.9 Å². The minimum atomic E-state index is -0.472. The summed E-state index contributed by atoms with van der Waals surface area (Å²) < 4.78 is 4.63. The first kappa shape index (κ1) is 11.0. The number of esters is 1. The minimum absolute atomic E-state index is 0.0713. The summed E-state index contributed by atoms with van der Waals surface area (Å²) >= 11 is 0. The molecule has 6 nitrogen and oxygen atoms in total. The van der Waals surface area contributed by atoms with Crippen LogP contribution in [0.15, 0.2) is 36.0 Å². The van der Waals surface area contributed by atoms with E-state index in [0.29, 0.717) is 11.4 Å². The number of aromatic hydroxyl groups is 1. The van der Waals surface area contributed by atoms with E-state index in [0.717, 1.165) is 0 Å². The van der Waals surface area contributed by atoms with Gasteiger partial charge in [-0.1, -0.05) is 0 Å². The van der Waals surface area contributed by atoms with E-state index in [9.17, 15) is 9.59 Å². The second-order valence-electron chi connectivity index (χ2n) is 3.40. The molecule has 0 saturated heterocycles. The summed E-state index contributed by atoms with van der Waals surface area (Å²) in [7, 11) is 0. The van der Waals surface area contributed by atoms with Gasteiger partial charge in [-0.15, -0.1) is 0 Å². The molecule has 1 aliphatic heterocycles. The lowest BCUT2D eigenvalue weighted by Gasteiger charge is -2.07. The molecule has 0 aliphatic carbocycles. The number of ether oxygens (including phenoxy) is 1. The number of anilines is 1. The van der Waals surface area contributed by atoms with Gasteiger partial charge in [-0.2, -0.15) is 0 Å². The number of carbonyl (C=O) groups excluding carboxylic acids is 2. The van der Waals surface area contributed by atoms with Gasteiger partial charge >= 0.3 is 12.0 Å². The van der Waals surface area contributed by atoms with Crippen molar-refractivity contribution >= 4 is 17.7 Å². The fourth-order valence-electron chi connectivity index (χ4n) is 1.30. The average molecular weight is 234 g/mol. The van der Waals surface area contributed by atoms with Crippen LogP contribution in [0.25, 0.3) is 0 Å². The van der Waals surface area contributed by atoms with Gasteiger partial charge in [-0.3, -0.25) is 0 Å². The number of benzene rings is 1. The van der Waals surface area contributed by atoms with Crippen molar-refractivity contribution in [1.82, 2.24) is 5.32 Å². The minimum Gasteiger partial charge on any atom is -0.508 e. The zero-order chi connectivity index (χ0) is 12.3. The van der Waals surface area contributed by atoms with Crippen molar-refractivity contribution in [2.24, 2.45) is 0 Å². The highest BCUT2D eigenvalue weighted by Crippen LogP contribution is 2.13. The lowest BCUT2D eigenvalue weighted by Crippen LogP contribution is -2.28. The molecule has 0 unspecified atom stereocenters. The number of cyclic esters (lactones) is 1. The highest BCUT2D eigenvalue weighted by atomic mass is 16.5. The van der Waals surface area contributed by atoms with Crippen molar-refractivity contribution in [2.45, 2.75) is 0 Å². The average Bonchev–Trinajstić information content (AvgIpc) is 2.67. The third-order valence-corrected chi connectivity index (χ3v) is 2.06. The van der Waals surface area contributed by atoms with Gasteiger partial charge in [-0.25, -0.2) is 9.59 Å². The number of phenols is 1. The first-order chi connectivity index (χ1) is 8.13. The summed E-state index contributed by atoms with van der Waals surface area (Å²) in [6.45, 7) is 0.0713. The van der Waals surface area contributed by atoms with Crippen LogP contribution in [-0.4, -0.2) is 23.7 Å². The Morgan fingerprint density at radius 1 is 1.24 bits per heavy atom. The Labute approximate surface area is 96.9 Å². The molecular formula is C11H10N2O4. The van der Waals surface area contributed by atoms with Gasteiger partial charge in [0, 0.05) is 11.8 Å². The van der Waals surface area contributed by atoms with Crippen LogP contribution >= 0.6 is 0 Å². The first-order valence-electron chi connectivity index (χ1n) is 4.88. The van der Waals surface area contributed by atoms with Gasteiger partial charge in [0.1, 0.15) is 12.4 Å². The molecule has 17 heavy (non-hydrogen) atoms. The highest BCUT2D eigenvalue weighted by molar-refractivity contribution is 5.92. The fraction of sp³-hybridized carbons (Fsp3) is 0.0909. The van der Waals surface area contributed by atoms with E-state index in [1.54, 1.807) is 12.1 Å². The molecule has 88 valence electrons. The number of phenolic OH excluding ortho intramolecular Hbond substituents is 1. The molecular weight excluding hydrogens is 224 g/mol. The Balaban J connectivity index is 1.91. The largest absolute Gasteiger partial charge is 0.508 e. The molecule has 0 radical (unpaired) electrons. The number of hydrogen-bond donors (Lipinski definition) is 3. The summed E-state index contributed by atoms with van der Waals surface area (Å²) in [6, 6.07) is 5.55. The molecule has 0 fully saturated rings. The molecule has 3 N–H and O–H groups in total. The fourth-order valence-corrected chi connectivity index (χ4v) is 1.30. The molecule has 1 aliphatic rings. The lowest BCUT2D eigenvalue weighted by molar-refractivity contribution is -0.134. The number of rotatable bonds is 2. The molecule has 2 rings (SSSR count). The molecule has 0 bridgehead atoms. The summed E-state index contributed by atoms with van der Waals surface area (Å²) in [6.07, 6.45) is 1.22. The zero-order valence-corrected chi connectivity index (χ0v) is 8.77. The number of hydrogen-bond acceptors (Lipinski definition) is 4. The van der Waals surface area contributed by atoms with Crippen molar-refractivity contribution in [3.05, 3.63) is 36.0 Å². The predicted octanol–water partition coefficient (Wildman–Crippen LogP) is 0.954. The molecule has 0 saturated carbocycles. The maximum atomic E-state index is 11.5. The van der Waals surface area contributed by atoms with Gasteiger partial charge in [0.25, 0.3) is 0 Å². The highest BCUT2D eigenvalue weighted by Gasteiger charge is 2.14. The molecule has 1 aromatic carbocycles. The molecule has 1 aromatic rings. The van der Waals surface area contributed by atoms with Gasteiger partial charge in [0.2, 0.25) is 0 Å². The molecule has 0 aromatic heterocycles. The van der Waals surface area contributed by atoms with E-state index < -0.39 is 12.0 Å². The molecule has 1 heterocycles. The summed E-state index contributed by atoms with van der Waals surface area (Å²) in [5, 5.41) is 14.1. The van der Waals surface area contributed by atoms with E-state index in [2.05, 4.69) is 15.4 Å². The Morgan fingerprint density at radius 3 is 2.53 bits per heavy atom. The topological polar surface area (TPSA) is 87.7 Å². The van der Waals surface area contributed by atoms with Crippen LogP contribution in [0, 0.1) is 0 Å². The third-order valence-electron chi connectivity index (χ3n) is 2.06. The second-order valence-corrected chi connectivity index (χ2v) is 3.40. The van der Waals surface area contributed by atoms with Crippen molar-refractivity contribution in [1.29, 1.82) is 0 Å². The number of nitrogens with one attached hydrogen (secondary N) is 2. The second kappa shape index (κ2) is 4.56. The van der Waals surface area contributed by atoms with Crippen molar-refractivity contribution in [3.63, 3.8) is 0 Å². The van der Waals surface area contributed by atoms with E-state index in [4.69, 9.17) is 5.11 Å². The Hall–Kier alpha value is -2.50. The Morgan fingerprint density at radius 2 is 1.94 bits per heavy atom. The molecule has 6 heteroatoms. The maximum Gasteiger partial charge on any atom is 0.333 e. The van der Waals surface area contributed by atoms with E-state index in [1.165, 1.54) is 18.2 Å². The predicted molar refractivity (Wildman–Crippen MR) is 59.3 cm³/mol. The quantitative estimate of drug-likeness (QED) is 0.525. The lowest BCUT2D eigenvalue weighted by atomic mass is 10.3. The normalized spacial score (nSPS) is 13.9. The van der Waals surface area contributed by atoms with E-state index in [-0.39, 0.29) is 12.4 Å². The summed E-state index contributed by atoms with van der Waals surface area (Å²) in [5.74, 6) is -0.349. The summed E-state index contributed by atoms with van der Waals surface area (Å²) in [4.78, 5) is 22.2. The Bertz CT molecular complexity index is 479. The molecule has 0 atom stereocenters. The van der Waals surface area contributed by atoms with Gasteiger partial charge in [0.15, 0.2) is 0 Å². The van der Waals surface area contributed by atoms with Crippen LogP contribution in [-0.2, 0) is 9.53 Å². The molecule has 0 spiro atoms. The van der Waals surface area contributed by atoms with Gasteiger partial charge in [-0.05, 0) is 24.3 Å². The van der Waals surface area contributed by atoms with Crippen LogP contribution in [0.2, 0.25) is 0 Å².